The SMILES string of the molecule is COc1nnc(OC)c2[nH]c(=S)[nH]c12. The molecule has 0 spiro atoms. The second-order valence-electron chi connectivity index (χ2n) is 2.55. The second-order valence-corrected chi connectivity index (χ2v) is 2.96. The van der Waals surface area contributed by atoms with Gasteiger partial charge in [0.2, 0.25) is 0 Å². The Balaban J connectivity index is 2.84. The summed E-state index contributed by atoms with van der Waals surface area (Å²) in [5, 5.41) is 7.63. The number of hydrogen-bond donors (Lipinski definition) is 2. The quantitative estimate of drug-likeness (QED) is 0.727. The van der Waals surface area contributed by atoms with Gasteiger partial charge in [0.05, 0.1) is 14.2 Å². The van der Waals surface area contributed by atoms with Crippen molar-refractivity contribution >= 4 is 23.3 Å². The van der Waals surface area contributed by atoms with E-state index in [2.05, 4.69) is 20.2 Å². The summed E-state index contributed by atoms with van der Waals surface area (Å²) in [6.07, 6.45) is 0. The molecule has 74 valence electrons. The standard InChI is InChI=1S/C7H8N4O2S/c1-12-5-3-4(9-7(14)8-3)6(13-2)11-10-5/h1-2H3,(H2,8,9,14). The Labute approximate surface area is 84.3 Å². The maximum atomic E-state index is 5.01. The smallest absolute Gasteiger partial charge is 0.259 e. The molecule has 2 rings (SSSR count). The average Bonchev–Trinajstić information content (AvgIpc) is 2.57. The van der Waals surface area contributed by atoms with Crippen LogP contribution in [0.4, 0.5) is 0 Å². The number of rotatable bonds is 2. The van der Waals surface area contributed by atoms with Gasteiger partial charge in [0.15, 0.2) is 4.77 Å². The molecule has 2 N–H and O–H groups in total. The van der Waals surface area contributed by atoms with Crippen LogP contribution in [0.2, 0.25) is 0 Å². The van der Waals surface area contributed by atoms with E-state index in [9.17, 15) is 0 Å². The van der Waals surface area contributed by atoms with E-state index >= 15 is 0 Å². The summed E-state index contributed by atoms with van der Waals surface area (Å²) in [7, 11) is 3.03. The van der Waals surface area contributed by atoms with E-state index in [0.29, 0.717) is 27.6 Å². The molecule has 0 aliphatic heterocycles. The molecular formula is C7H8N4O2S. The predicted molar refractivity (Wildman–Crippen MR) is 52.2 cm³/mol. The Bertz CT molecular complexity index is 474. The number of methoxy groups -OCH3 is 2. The van der Waals surface area contributed by atoms with Crippen LogP contribution in [-0.2, 0) is 0 Å². The van der Waals surface area contributed by atoms with Crippen molar-refractivity contribution in [3.63, 3.8) is 0 Å². The Morgan fingerprint density at radius 1 is 1.00 bits per heavy atom. The molecule has 0 saturated carbocycles. The van der Waals surface area contributed by atoms with Crippen molar-refractivity contribution < 1.29 is 9.47 Å². The molecule has 0 atom stereocenters. The maximum absolute atomic E-state index is 5.01. The first-order valence-electron chi connectivity index (χ1n) is 3.83. The number of fused-ring (bicyclic) bond motifs is 1. The first-order valence-corrected chi connectivity index (χ1v) is 4.23. The first kappa shape index (κ1) is 8.95. The molecular weight excluding hydrogens is 204 g/mol. The molecule has 2 aromatic heterocycles. The minimum atomic E-state index is 0.383. The molecule has 0 unspecified atom stereocenters. The van der Waals surface area contributed by atoms with Crippen LogP contribution in [0.1, 0.15) is 0 Å². The largest absolute Gasteiger partial charge is 0.478 e. The Morgan fingerprint density at radius 3 is 1.79 bits per heavy atom. The molecule has 2 aromatic rings. The molecule has 0 amide bonds. The van der Waals surface area contributed by atoms with Crippen molar-refractivity contribution in [1.82, 2.24) is 20.2 Å². The molecule has 0 fully saturated rings. The lowest BCUT2D eigenvalue weighted by molar-refractivity contribution is 0.375. The van der Waals surface area contributed by atoms with E-state index in [1.54, 1.807) is 0 Å². The summed E-state index contributed by atoms with van der Waals surface area (Å²) in [5.74, 6) is 0.765. The van der Waals surface area contributed by atoms with Gasteiger partial charge in [-0.15, -0.1) is 10.2 Å². The number of H-pyrrole nitrogens is 2. The number of imidazole rings is 1. The van der Waals surface area contributed by atoms with Crippen molar-refractivity contribution in [3.8, 4) is 11.8 Å². The Kier molecular flexibility index (Phi) is 2.08. The van der Waals surface area contributed by atoms with Crippen LogP contribution in [0.5, 0.6) is 11.8 Å². The van der Waals surface area contributed by atoms with Crippen LogP contribution in [0.15, 0.2) is 0 Å². The maximum Gasteiger partial charge on any atom is 0.259 e. The van der Waals surface area contributed by atoms with Crippen LogP contribution < -0.4 is 9.47 Å². The summed E-state index contributed by atoms with van der Waals surface area (Å²) in [5.41, 5.74) is 1.31. The van der Waals surface area contributed by atoms with Crippen LogP contribution in [0, 0.1) is 4.77 Å². The van der Waals surface area contributed by atoms with Gasteiger partial charge >= 0.3 is 0 Å². The molecule has 7 heteroatoms. The lowest BCUT2D eigenvalue weighted by atomic mass is 10.4. The summed E-state index contributed by atoms with van der Waals surface area (Å²) < 4.78 is 10.5. The van der Waals surface area contributed by atoms with Crippen LogP contribution >= 0.6 is 12.2 Å². The summed E-state index contributed by atoms with van der Waals surface area (Å²) in [6, 6.07) is 0. The zero-order valence-corrected chi connectivity index (χ0v) is 8.44. The van der Waals surface area contributed by atoms with Gasteiger partial charge in [0.1, 0.15) is 11.0 Å². The van der Waals surface area contributed by atoms with Crippen molar-refractivity contribution in [1.29, 1.82) is 0 Å². The number of ether oxygens (including phenoxy) is 2. The average molecular weight is 212 g/mol. The molecule has 0 bridgehead atoms. The van der Waals surface area contributed by atoms with Gasteiger partial charge in [-0.3, -0.25) is 0 Å². The Hall–Kier alpha value is -1.63. The third kappa shape index (κ3) is 1.22. The highest BCUT2D eigenvalue weighted by molar-refractivity contribution is 7.71. The van der Waals surface area contributed by atoms with Crippen molar-refractivity contribution in [3.05, 3.63) is 4.77 Å². The zero-order valence-electron chi connectivity index (χ0n) is 7.62. The van der Waals surface area contributed by atoms with Crippen LogP contribution in [-0.4, -0.2) is 34.4 Å². The highest BCUT2D eigenvalue weighted by Gasteiger charge is 2.11. The van der Waals surface area contributed by atoms with Gasteiger partial charge in [0.25, 0.3) is 11.8 Å². The van der Waals surface area contributed by atoms with E-state index in [0.717, 1.165) is 0 Å². The van der Waals surface area contributed by atoms with Crippen molar-refractivity contribution in [2.24, 2.45) is 0 Å². The minimum Gasteiger partial charge on any atom is -0.478 e. The normalized spacial score (nSPS) is 10.4. The van der Waals surface area contributed by atoms with E-state index < -0.39 is 0 Å². The summed E-state index contributed by atoms with van der Waals surface area (Å²) in [4.78, 5) is 5.81. The molecule has 0 aliphatic carbocycles. The van der Waals surface area contributed by atoms with Crippen LogP contribution in [0.3, 0.4) is 0 Å². The van der Waals surface area contributed by atoms with Crippen LogP contribution in [0.25, 0.3) is 11.0 Å². The molecule has 0 radical (unpaired) electrons. The number of nitrogens with one attached hydrogen (secondary N) is 2. The highest BCUT2D eigenvalue weighted by atomic mass is 32.1. The third-order valence-electron chi connectivity index (χ3n) is 1.77. The molecule has 6 nitrogen and oxygen atoms in total. The van der Waals surface area contributed by atoms with E-state index in [1.807, 2.05) is 0 Å². The fraction of sp³-hybridized carbons (Fsp3) is 0.286. The van der Waals surface area contributed by atoms with Gasteiger partial charge in [-0.2, -0.15) is 0 Å². The number of hydrogen-bond acceptors (Lipinski definition) is 5. The topological polar surface area (TPSA) is 75.8 Å². The Morgan fingerprint density at radius 2 is 1.43 bits per heavy atom. The van der Waals surface area contributed by atoms with E-state index in [1.165, 1.54) is 14.2 Å². The second kappa shape index (κ2) is 3.26. The van der Waals surface area contributed by atoms with Crippen molar-refractivity contribution in [2.75, 3.05) is 14.2 Å². The van der Waals surface area contributed by atoms with Gasteiger partial charge in [0, 0.05) is 0 Å². The molecule has 0 saturated heterocycles. The molecule has 14 heavy (non-hydrogen) atoms. The van der Waals surface area contributed by atoms with Gasteiger partial charge < -0.3 is 19.4 Å². The van der Waals surface area contributed by atoms with Crippen molar-refractivity contribution in [2.45, 2.75) is 0 Å². The molecule has 0 aliphatic rings. The van der Waals surface area contributed by atoms with E-state index in [4.69, 9.17) is 21.7 Å². The number of nitrogens with zero attached hydrogens (tertiary/aromatic N) is 2. The minimum absolute atomic E-state index is 0.383. The van der Waals surface area contributed by atoms with Gasteiger partial charge in [-0.1, -0.05) is 0 Å². The summed E-state index contributed by atoms with van der Waals surface area (Å²) >= 11 is 4.95. The monoisotopic (exact) mass is 212 g/mol. The predicted octanol–water partition coefficient (Wildman–Crippen LogP) is 1.03. The zero-order chi connectivity index (χ0) is 10.1. The fourth-order valence-corrected chi connectivity index (χ4v) is 1.38. The number of aromatic nitrogens is 4. The highest BCUT2D eigenvalue weighted by Crippen LogP contribution is 2.25. The van der Waals surface area contributed by atoms with E-state index in [-0.39, 0.29) is 0 Å². The summed E-state index contributed by atoms with van der Waals surface area (Å²) in [6.45, 7) is 0. The third-order valence-corrected chi connectivity index (χ3v) is 1.98. The lowest BCUT2D eigenvalue weighted by Gasteiger charge is -2.01. The molecule has 0 aromatic carbocycles. The number of aromatic amines is 2. The fourth-order valence-electron chi connectivity index (χ4n) is 1.18. The lowest BCUT2D eigenvalue weighted by Crippen LogP contribution is -1.96. The first-order chi connectivity index (χ1) is 6.76. The molecule has 2 heterocycles. The van der Waals surface area contributed by atoms with Gasteiger partial charge in [-0.25, -0.2) is 0 Å². The van der Waals surface area contributed by atoms with Gasteiger partial charge in [-0.05, 0) is 12.2 Å².